The van der Waals surface area contributed by atoms with Crippen LogP contribution in [0.15, 0.2) is 66.2 Å². The van der Waals surface area contributed by atoms with Gasteiger partial charge in [0.1, 0.15) is 11.6 Å². The number of benzene rings is 2. The van der Waals surface area contributed by atoms with Gasteiger partial charge in [0, 0.05) is 18.3 Å². The molecule has 1 aliphatic carbocycles. The van der Waals surface area contributed by atoms with Crippen LogP contribution in [0.4, 0.5) is 4.39 Å². The molecule has 4 N–H and O–H groups in total. The van der Waals surface area contributed by atoms with E-state index in [9.17, 15) is 17.6 Å². The first-order valence-corrected chi connectivity index (χ1v) is 13.1. The number of carbonyl (C=O) groups is 1. The quantitative estimate of drug-likeness (QED) is 0.393. The zero-order valence-electron chi connectivity index (χ0n) is 20.3. The zero-order valence-corrected chi connectivity index (χ0v) is 21.1. The SMILES string of the molecule is C=C(/C=C\C(=C/N)c1cccc(C(C)C)c1)S(=O)(=O)NC1CCCc2c(OCC(=O)O)cc(F)cc21. The molecular weight excluding hydrogens is 483 g/mol. The summed E-state index contributed by atoms with van der Waals surface area (Å²) < 4.78 is 48.3. The molecule has 0 amide bonds. The number of sulfonamides is 1. The topological polar surface area (TPSA) is 119 Å². The Morgan fingerprint density at radius 2 is 2.06 bits per heavy atom. The number of halogens is 1. The Hall–Kier alpha value is -3.43. The molecule has 7 nitrogen and oxygen atoms in total. The first kappa shape index (κ1) is 27.2. The summed E-state index contributed by atoms with van der Waals surface area (Å²) in [5.74, 6) is -1.39. The zero-order chi connectivity index (χ0) is 26.5. The largest absolute Gasteiger partial charge is 0.482 e. The number of hydrogen-bond acceptors (Lipinski definition) is 5. The first-order valence-electron chi connectivity index (χ1n) is 11.6. The molecule has 3 rings (SSSR count). The Kier molecular flexibility index (Phi) is 8.70. The summed E-state index contributed by atoms with van der Waals surface area (Å²) in [7, 11) is -4.02. The van der Waals surface area contributed by atoms with E-state index < -0.39 is 34.5 Å². The van der Waals surface area contributed by atoms with Crippen LogP contribution in [0.5, 0.6) is 5.75 Å². The summed E-state index contributed by atoms with van der Waals surface area (Å²) in [6, 6.07) is 9.49. The number of nitrogens with one attached hydrogen (secondary N) is 1. The molecule has 0 heterocycles. The summed E-state index contributed by atoms with van der Waals surface area (Å²) in [5, 5.41) is 8.89. The molecule has 0 saturated carbocycles. The summed E-state index contributed by atoms with van der Waals surface area (Å²) in [4.78, 5) is 10.7. The summed E-state index contributed by atoms with van der Waals surface area (Å²) in [6.07, 6.45) is 5.95. The fraction of sp³-hybridized carbons (Fsp3) is 0.296. The molecule has 9 heteroatoms. The van der Waals surface area contributed by atoms with Crippen molar-refractivity contribution in [2.45, 2.75) is 45.1 Å². The van der Waals surface area contributed by atoms with E-state index in [1.165, 1.54) is 18.3 Å². The number of carboxylic acids is 1. The van der Waals surface area contributed by atoms with Gasteiger partial charge >= 0.3 is 5.97 Å². The minimum Gasteiger partial charge on any atom is -0.482 e. The Labute approximate surface area is 211 Å². The number of carboxylic acid groups (broad SMARTS) is 1. The predicted molar refractivity (Wildman–Crippen MR) is 138 cm³/mol. The van der Waals surface area contributed by atoms with E-state index >= 15 is 0 Å². The molecule has 0 spiro atoms. The van der Waals surface area contributed by atoms with E-state index in [-0.39, 0.29) is 10.7 Å². The highest BCUT2D eigenvalue weighted by molar-refractivity contribution is 7.93. The van der Waals surface area contributed by atoms with Crippen LogP contribution in [0.25, 0.3) is 5.57 Å². The van der Waals surface area contributed by atoms with Gasteiger partial charge in [0.05, 0.1) is 4.91 Å². The Morgan fingerprint density at radius 3 is 2.72 bits per heavy atom. The standard InChI is InChI=1S/C27H31FN2O5S/c1-17(2)19-6-4-7-20(12-19)21(15-29)11-10-18(3)36(33,34)30-25-9-5-8-23-24(25)13-22(28)14-26(23)35-16-27(31)32/h4,6-7,10-15,17,25,30H,3,5,8-9,16,29H2,1-2H3,(H,31,32)/b11-10-,21-15+. The molecule has 0 bridgehead atoms. The average Bonchev–Trinajstić information content (AvgIpc) is 2.83. The van der Waals surface area contributed by atoms with Crippen molar-refractivity contribution in [1.29, 1.82) is 0 Å². The van der Waals surface area contributed by atoms with Crippen LogP contribution >= 0.6 is 0 Å². The van der Waals surface area contributed by atoms with Gasteiger partial charge in [-0.15, -0.1) is 0 Å². The van der Waals surface area contributed by atoms with Crippen LogP contribution in [0, 0.1) is 5.82 Å². The number of allylic oxidation sites excluding steroid dienone is 3. The van der Waals surface area contributed by atoms with E-state index in [2.05, 4.69) is 25.1 Å². The van der Waals surface area contributed by atoms with Crippen LogP contribution < -0.4 is 15.2 Å². The van der Waals surface area contributed by atoms with Crippen LogP contribution in [0.2, 0.25) is 0 Å². The highest BCUT2D eigenvalue weighted by Crippen LogP contribution is 2.37. The lowest BCUT2D eigenvalue weighted by molar-refractivity contribution is -0.139. The third-order valence-electron chi connectivity index (χ3n) is 6.01. The molecule has 1 aliphatic rings. The Morgan fingerprint density at radius 1 is 1.31 bits per heavy atom. The molecule has 0 aliphatic heterocycles. The van der Waals surface area contributed by atoms with E-state index in [0.29, 0.717) is 41.9 Å². The summed E-state index contributed by atoms with van der Waals surface area (Å²) >= 11 is 0. The average molecular weight is 515 g/mol. The number of aliphatic carboxylic acids is 1. The number of hydrogen-bond donors (Lipinski definition) is 3. The second kappa shape index (κ2) is 11.5. The van der Waals surface area contributed by atoms with Crippen LogP contribution in [0.3, 0.4) is 0 Å². The maximum absolute atomic E-state index is 14.3. The van der Waals surface area contributed by atoms with Crippen molar-refractivity contribution in [3.8, 4) is 5.75 Å². The lowest BCUT2D eigenvalue weighted by Gasteiger charge is -2.28. The minimum absolute atomic E-state index is 0.108. The highest BCUT2D eigenvalue weighted by atomic mass is 32.2. The van der Waals surface area contributed by atoms with Gasteiger partial charge < -0.3 is 15.6 Å². The van der Waals surface area contributed by atoms with Gasteiger partial charge in [-0.25, -0.2) is 22.3 Å². The van der Waals surface area contributed by atoms with Gasteiger partial charge in [-0.2, -0.15) is 0 Å². The smallest absolute Gasteiger partial charge is 0.341 e. The maximum atomic E-state index is 14.3. The Balaban J connectivity index is 1.80. The lowest BCUT2D eigenvalue weighted by atomic mass is 9.87. The van der Waals surface area contributed by atoms with E-state index in [0.717, 1.165) is 17.2 Å². The molecule has 0 aromatic heterocycles. The fourth-order valence-corrected chi connectivity index (χ4v) is 5.12. The summed E-state index contributed by atoms with van der Waals surface area (Å²) in [6.45, 7) is 7.25. The van der Waals surface area contributed by atoms with Gasteiger partial charge in [-0.05, 0) is 65.1 Å². The van der Waals surface area contributed by atoms with Crippen LogP contribution in [-0.4, -0.2) is 26.1 Å². The second-order valence-electron chi connectivity index (χ2n) is 8.92. The monoisotopic (exact) mass is 514 g/mol. The molecule has 1 unspecified atom stereocenters. The molecule has 1 atom stereocenters. The molecule has 192 valence electrons. The van der Waals surface area contributed by atoms with E-state index in [4.69, 9.17) is 15.6 Å². The third kappa shape index (κ3) is 6.61. The molecule has 36 heavy (non-hydrogen) atoms. The number of rotatable bonds is 10. The number of ether oxygens (including phenoxy) is 1. The molecule has 0 radical (unpaired) electrons. The number of fused-ring (bicyclic) bond motifs is 1. The normalized spacial score (nSPS) is 16.2. The van der Waals surface area contributed by atoms with Crippen LogP contribution in [0.1, 0.15) is 60.9 Å². The van der Waals surface area contributed by atoms with Crippen molar-refractivity contribution >= 4 is 21.6 Å². The van der Waals surface area contributed by atoms with Gasteiger partial charge in [0.15, 0.2) is 6.61 Å². The molecule has 0 saturated heterocycles. The van der Waals surface area contributed by atoms with Crippen molar-refractivity contribution < 1.29 is 27.4 Å². The lowest BCUT2D eigenvalue weighted by Crippen LogP contribution is -2.31. The van der Waals surface area contributed by atoms with Gasteiger partial charge in [-0.1, -0.05) is 50.8 Å². The number of nitrogens with two attached hydrogens (primary N) is 1. The summed E-state index contributed by atoms with van der Waals surface area (Å²) in [5.41, 5.74) is 9.44. The van der Waals surface area contributed by atoms with Crippen molar-refractivity contribution in [2.24, 2.45) is 5.73 Å². The molecule has 0 fully saturated rings. The van der Waals surface area contributed by atoms with Gasteiger partial charge in [0.2, 0.25) is 10.0 Å². The third-order valence-corrected chi connectivity index (χ3v) is 7.43. The van der Waals surface area contributed by atoms with E-state index in [1.54, 1.807) is 6.08 Å². The van der Waals surface area contributed by atoms with Crippen molar-refractivity contribution in [2.75, 3.05) is 6.61 Å². The predicted octanol–water partition coefficient (Wildman–Crippen LogP) is 4.78. The maximum Gasteiger partial charge on any atom is 0.341 e. The fourth-order valence-electron chi connectivity index (χ4n) is 4.10. The van der Waals surface area contributed by atoms with E-state index in [1.807, 2.05) is 24.3 Å². The van der Waals surface area contributed by atoms with Gasteiger partial charge in [-0.3, -0.25) is 0 Å². The molecular formula is C27H31FN2O5S. The van der Waals surface area contributed by atoms with Crippen molar-refractivity contribution in [3.05, 3.63) is 94.3 Å². The second-order valence-corrected chi connectivity index (χ2v) is 10.7. The highest BCUT2D eigenvalue weighted by Gasteiger charge is 2.28. The van der Waals surface area contributed by atoms with Crippen molar-refractivity contribution in [1.82, 2.24) is 4.72 Å². The molecule has 2 aromatic rings. The van der Waals surface area contributed by atoms with Gasteiger partial charge in [0.25, 0.3) is 0 Å². The minimum atomic E-state index is -4.02. The van der Waals surface area contributed by atoms with Crippen LogP contribution in [-0.2, 0) is 21.2 Å². The Bertz CT molecular complexity index is 1320. The first-order chi connectivity index (χ1) is 17.0. The van der Waals surface area contributed by atoms with Crippen molar-refractivity contribution in [3.63, 3.8) is 0 Å². The molecule has 2 aromatic carbocycles.